The van der Waals surface area contributed by atoms with Gasteiger partial charge in [-0.3, -0.25) is 4.90 Å². The molecule has 1 atom stereocenters. The Balaban J connectivity index is 1.66. The Morgan fingerprint density at radius 2 is 2.03 bits per heavy atom. The smallest absolute Gasteiger partial charge is 0.222 e. The molecule has 0 bridgehead atoms. The summed E-state index contributed by atoms with van der Waals surface area (Å²) >= 11 is 0. The van der Waals surface area contributed by atoms with Gasteiger partial charge in [-0.1, -0.05) is 6.08 Å². The molecule has 1 saturated heterocycles. The van der Waals surface area contributed by atoms with E-state index in [-0.39, 0.29) is 5.82 Å². The van der Waals surface area contributed by atoms with Gasteiger partial charge in [0, 0.05) is 43.2 Å². The predicted molar refractivity (Wildman–Crippen MR) is 114 cm³/mol. The van der Waals surface area contributed by atoms with E-state index >= 15 is 0 Å². The third-order valence-electron chi connectivity index (χ3n) is 5.97. The number of anilines is 1. The average Bonchev–Trinajstić information content (AvgIpc) is 3.41. The molecule has 4 heterocycles. The minimum absolute atomic E-state index is 0.238. The molecular formula is C23H24FN5. The summed E-state index contributed by atoms with van der Waals surface area (Å²) < 4.78 is 13.5. The van der Waals surface area contributed by atoms with Crippen molar-refractivity contribution in [2.24, 2.45) is 0 Å². The zero-order valence-electron chi connectivity index (χ0n) is 16.5. The van der Waals surface area contributed by atoms with Crippen LogP contribution in [0.5, 0.6) is 0 Å². The molecule has 0 amide bonds. The van der Waals surface area contributed by atoms with E-state index in [0.717, 1.165) is 35.5 Å². The molecule has 29 heavy (non-hydrogen) atoms. The second-order valence-corrected chi connectivity index (χ2v) is 7.66. The fourth-order valence-corrected chi connectivity index (χ4v) is 4.53. The van der Waals surface area contributed by atoms with E-state index in [4.69, 9.17) is 4.98 Å². The number of nitrogens with zero attached hydrogens (tertiary/aromatic N) is 3. The number of H-pyrrole nitrogens is 1. The Hall–Kier alpha value is -2.99. The van der Waals surface area contributed by atoms with Gasteiger partial charge in [-0.05, 0) is 67.3 Å². The van der Waals surface area contributed by atoms with Crippen molar-refractivity contribution in [3.63, 3.8) is 0 Å². The summed E-state index contributed by atoms with van der Waals surface area (Å²) in [5.41, 5.74) is 6.34. The van der Waals surface area contributed by atoms with E-state index in [0.29, 0.717) is 12.0 Å². The number of rotatable bonds is 4. The van der Waals surface area contributed by atoms with Crippen molar-refractivity contribution in [1.29, 1.82) is 0 Å². The van der Waals surface area contributed by atoms with Crippen molar-refractivity contribution in [2.75, 3.05) is 25.5 Å². The lowest BCUT2D eigenvalue weighted by Crippen LogP contribution is -2.32. The van der Waals surface area contributed by atoms with Gasteiger partial charge in [0.15, 0.2) is 0 Å². The molecule has 5 rings (SSSR count). The van der Waals surface area contributed by atoms with Crippen molar-refractivity contribution in [3.05, 3.63) is 60.2 Å². The van der Waals surface area contributed by atoms with E-state index in [1.54, 1.807) is 6.20 Å². The van der Waals surface area contributed by atoms with E-state index < -0.39 is 0 Å². The Labute approximate surface area is 169 Å². The molecule has 2 N–H and O–H groups in total. The van der Waals surface area contributed by atoms with Gasteiger partial charge in [-0.15, -0.1) is 0 Å². The summed E-state index contributed by atoms with van der Waals surface area (Å²) in [6.07, 6.45) is 9.79. The van der Waals surface area contributed by atoms with Crippen LogP contribution in [0.3, 0.4) is 0 Å². The summed E-state index contributed by atoms with van der Waals surface area (Å²) in [7, 11) is 1.82. The van der Waals surface area contributed by atoms with Crippen LogP contribution in [-0.4, -0.2) is 46.0 Å². The molecule has 0 radical (unpaired) electrons. The molecule has 5 nitrogen and oxygen atoms in total. The molecule has 1 fully saturated rings. The highest BCUT2D eigenvalue weighted by Crippen LogP contribution is 2.40. The molecule has 2 aliphatic heterocycles. The standard InChI is InChI=1S/C23H24FN5/c1-25-23-26-10-8-20(28-23)21-19(16-9-12-29-11-2-3-18(29)13-16)14-27-22(21)15-4-6-17(24)7-5-15/h4-8,10,13-14,18,27H,2-3,9,11-12H2,1H3,(H,25,26,28). The highest BCUT2D eigenvalue weighted by molar-refractivity contribution is 5.90. The van der Waals surface area contributed by atoms with Crippen LogP contribution in [0, 0.1) is 5.82 Å². The van der Waals surface area contributed by atoms with Crippen molar-refractivity contribution >= 4 is 11.5 Å². The summed E-state index contributed by atoms with van der Waals surface area (Å²) in [5, 5.41) is 3.02. The lowest BCUT2D eigenvalue weighted by atomic mass is 9.92. The molecule has 6 heteroatoms. The van der Waals surface area contributed by atoms with Crippen LogP contribution in [0.1, 0.15) is 24.8 Å². The molecule has 1 aromatic carbocycles. The largest absolute Gasteiger partial charge is 0.360 e. The molecule has 0 aliphatic carbocycles. The number of halogens is 1. The molecular weight excluding hydrogens is 365 g/mol. The normalized spacial score (nSPS) is 19.1. The van der Waals surface area contributed by atoms with Crippen molar-refractivity contribution in [3.8, 4) is 22.5 Å². The molecule has 2 aliphatic rings. The fraction of sp³-hybridized carbons (Fsp3) is 0.304. The first-order chi connectivity index (χ1) is 14.2. The molecule has 148 valence electrons. The quantitative estimate of drug-likeness (QED) is 0.686. The van der Waals surface area contributed by atoms with Crippen LogP contribution in [0.4, 0.5) is 10.3 Å². The van der Waals surface area contributed by atoms with Crippen molar-refractivity contribution in [2.45, 2.75) is 25.3 Å². The van der Waals surface area contributed by atoms with Crippen LogP contribution in [0.15, 0.2) is 48.8 Å². The van der Waals surface area contributed by atoms with Gasteiger partial charge in [0.25, 0.3) is 0 Å². The molecule has 1 unspecified atom stereocenters. The topological polar surface area (TPSA) is 56.8 Å². The van der Waals surface area contributed by atoms with Gasteiger partial charge >= 0.3 is 0 Å². The van der Waals surface area contributed by atoms with Crippen LogP contribution in [0.25, 0.3) is 28.1 Å². The Bertz CT molecular complexity index is 1050. The summed E-state index contributed by atoms with van der Waals surface area (Å²) in [6, 6.07) is 9.08. The lowest BCUT2D eigenvalue weighted by Gasteiger charge is -2.28. The van der Waals surface area contributed by atoms with Gasteiger partial charge in [0.1, 0.15) is 5.82 Å². The Kier molecular flexibility index (Phi) is 4.64. The van der Waals surface area contributed by atoms with Gasteiger partial charge < -0.3 is 10.3 Å². The number of fused-ring (bicyclic) bond motifs is 1. The number of aromatic amines is 1. The first kappa shape index (κ1) is 18.1. The van der Waals surface area contributed by atoms with Crippen molar-refractivity contribution < 1.29 is 4.39 Å². The van der Waals surface area contributed by atoms with Gasteiger partial charge in [0.2, 0.25) is 5.95 Å². The lowest BCUT2D eigenvalue weighted by molar-refractivity contribution is 0.288. The predicted octanol–water partition coefficient (Wildman–Crippen LogP) is 4.57. The maximum atomic E-state index is 13.5. The summed E-state index contributed by atoms with van der Waals surface area (Å²) in [4.78, 5) is 15.0. The number of aromatic nitrogens is 3. The number of hydrogen-bond donors (Lipinski definition) is 2. The van der Waals surface area contributed by atoms with Crippen LogP contribution in [-0.2, 0) is 0 Å². The second kappa shape index (κ2) is 7.44. The minimum Gasteiger partial charge on any atom is -0.360 e. The zero-order chi connectivity index (χ0) is 19.8. The average molecular weight is 389 g/mol. The number of hydrogen-bond acceptors (Lipinski definition) is 4. The first-order valence-electron chi connectivity index (χ1n) is 10.2. The van der Waals surface area contributed by atoms with Crippen LogP contribution >= 0.6 is 0 Å². The molecule has 2 aromatic heterocycles. The van der Waals surface area contributed by atoms with E-state index in [2.05, 4.69) is 32.5 Å². The highest BCUT2D eigenvalue weighted by Gasteiger charge is 2.28. The number of benzene rings is 1. The maximum absolute atomic E-state index is 13.5. The van der Waals surface area contributed by atoms with Crippen molar-refractivity contribution in [1.82, 2.24) is 19.9 Å². The zero-order valence-corrected chi connectivity index (χ0v) is 16.5. The molecule has 0 saturated carbocycles. The molecule has 3 aromatic rings. The maximum Gasteiger partial charge on any atom is 0.222 e. The van der Waals surface area contributed by atoms with Gasteiger partial charge in [-0.25, -0.2) is 14.4 Å². The fourth-order valence-electron chi connectivity index (χ4n) is 4.53. The Morgan fingerprint density at radius 1 is 1.17 bits per heavy atom. The molecule has 0 spiro atoms. The second-order valence-electron chi connectivity index (χ2n) is 7.66. The van der Waals surface area contributed by atoms with E-state index in [1.807, 2.05) is 25.2 Å². The van der Waals surface area contributed by atoms with Crippen LogP contribution < -0.4 is 5.32 Å². The minimum atomic E-state index is -0.238. The van der Waals surface area contributed by atoms with Crippen LogP contribution in [0.2, 0.25) is 0 Å². The first-order valence-corrected chi connectivity index (χ1v) is 10.2. The third-order valence-corrected chi connectivity index (χ3v) is 5.97. The summed E-state index contributed by atoms with van der Waals surface area (Å²) in [5.74, 6) is 0.345. The number of nitrogens with one attached hydrogen (secondary N) is 2. The third kappa shape index (κ3) is 3.34. The van der Waals surface area contributed by atoms with Gasteiger partial charge in [-0.2, -0.15) is 0 Å². The van der Waals surface area contributed by atoms with Gasteiger partial charge in [0.05, 0.1) is 11.4 Å². The van der Waals surface area contributed by atoms with E-state index in [9.17, 15) is 4.39 Å². The SMILES string of the molecule is CNc1nccc(-c2c(C3=CC4CCCN4CC3)c[nH]c2-c2ccc(F)cc2)n1. The Morgan fingerprint density at radius 3 is 2.86 bits per heavy atom. The highest BCUT2D eigenvalue weighted by atomic mass is 19.1. The summed E-state index contributed by atoms with van der Waals surface area (Å²) in [6.45, 7) is 2.30. The van der Waals surface area contributed by atoms with E-state index in [1.165, 1.54) is 42.7 Å². The monoisotopic (exact) mass is 389 g/mol.